The van der Waals surface area contributed by atoms with Crippen LogP contribution in [0.25, 0.3) is 10.9 Å². The molecule has 1 saturated heterocycles. The molecule has 2 fully saturated rings. The monoisotopic (exact) mass is 510 g/mol. The largest absolute Gasteiger partial charge is 0.497 e. The Hall–Kier alpha value is -2.58. The molecule has 1 aromatic heterocycles. The Morgan fingerprint density at radius 1 is 1.11 bits per heavy atom. The van der Waals surface area contributed by atoms with Crippen LogP contribution < -0.4 is 19.9 Å². The van der Waals surface area contributed by atoms with Crippen molar-refractivity contribution >= 4 is 22.5 Å². The van der Waals surface area contributed by atoms with Gasteiger partial charge in [0.1, 0.15) is 12.4 Å². The molecule has 0 unspecified atom stereocenters. The van der Waals surface area contributed by atoms with Crippen molar-refractivity contribution in [3.05, 3.63) is 24.4 Å². The van der Waals surface area contributed by atoms with Crippen molar-refractivity contribution in [2.45, 2.75) is 51.4 Å². The summed E-state index contributed by atoms with van der Waals surface area (Å²) >= 11 is 0. The summed E-state index contributed by atoms with van der Waals surface area (Å²) in [6.07, 6.45) is 12.0. The zero-order valence-corrected chi connectivity index (χ0v) is 22.4. The van der Waals surface area contributed by atoms with Crippen molar-refractivity contribution < 1.29 is 19.1 Å². The van der Waals surface area contributed by atoms with Gasteiger partial charge in [0.15, 0.2) is 5.75 Å². The highest BCUT2D eigenvalue weighted by Crippen LogP contribution is 2.39. The van der Waals surface area contributed by atoms with E-state index in [9.17, 15) is 4.79 Å². The maximum Gasteiger partial charge on any atom is 0.248 e. The number of ether oxygens (including phenoxy) is 2. The summed E-state index contributed by atoms with van der Waals surface area (Å²) < 4.78 is 11.5. The third kappa shape index (κ3) is 6.12. The van der Waals surface area contributed by atoms with Gasteiger partial charge < -0.3 is 19.3 Å². The number of rotatable bonds is 9. The van der Waals surface area contributed by atoms with Crippen molar-refractivity contribution in [3.63, 3.8) is 0 Å². The first kappa shape index (κ1) is 26.0. The van der Waals surface area contributed by atoms with Gasteiger partial charge >= 0.3 is 0 Å². The summed E-state index contributed by atoms with van der Waals surface area (Å²) in [5, 5.41) is 1.04. The molecule has 3 heterocycles. The Kier molecular flexibility index (Phi) is 8.66. The normalized spacial score (nSPS) is 22.9. The Morgan fingerprint density at radius 3 is 2.78 bits per heavy atom. The number of aromatic nitrogens is 1. The van der Waals surface area contributed by atoms with Crippen molar-refractivity contribution in [1.82, 2.24) is 15.4 Å². The smallest absolute Gasteiger partial charge is 0.248 e. The highest BCUT2D eigenvalue weighted by atomic mass is 16.6. The van der Waals surface area contributed by atoms with E-state index in [2.05, 4.69) is 20.3 Å². The lowest BCUT2D eigenvalue weighted by atomic mass is 9.81. The first-order chi connectivity index (χ1) is 18.2. The minimum atomic E-state index is -0.0603. The molecule has 8 heteroatoms. The molecule has 5 rings (SSSR count). The number of hydrogen-bond acceptors (Lipinski definition) is 7. The molecule has 1 aliphatic carbocycles. The number of benzene rings is 1. The standard InChI is InChI=1S/C29H42N4O4/c1-35-23-8-9-26-24(18-23)28-27(19-30-26)37-17-16-33(28)15-12-22-11-14-32(20-25(22)29(34)31-36-2)13-10-21-6-4-3-5-7-21/h8-9,18-19,21-22,25H,3-7,10-17,20H2,1-2H3,(H,31,34)/t22-,25-/m1/s1. The molecule has 8 nitrogen and oxygen atoms in total. The van der Waals surface area contributed by atoms with E-state index in [1.165, 1.54) is 45.6 Å². The Labute approximate surface area is 220 Å². The van der Waals surface area contributed by atoms with E-state index in [0.717, 1.165) is 79.6 Å². The molecule has 1 amide bonds. The predicted molar refractivity (Wildman–Crippen MR) is 145 cm³/mol. The number of hydrogen-bond donors (Lipinski definition) is 1. The van der Waals surface area contributed by atoms with Crippen molar-refractivity contribution in [3.8, 4) is 11.5 Å². The quantitative estimate of drug-likeness (QED) is 0.501. The third-order valence-electron chi connectivity index (χ3n) is 8.68. The van der Waals surface area contributed by atoms with Crippen molar-refractivity contribution in [1.29, 1.82) is 0 Å². The first-order valence-electron chi connectivity index (χ1n) is 14.1. The topological polar surface area (TPSA) is 76.2 Å². The lowest BCUT2D eigenvalue weighted by molar-refractivity contribution is -0.139. The number of anilines is 1. The zero-order valence-electron chi connectivity index (χ0n) is 22.4. The fourth-order valence-electron chi connectivity index (χ4n) is 6.55. The minimum absolute atomic E-state index is 0.0108. The number of likely N-dealkylation sites (tertiary alicyclic amines) is 1. The number of nitrogens with one attached hydrogen (secondary N) is 1. The average molecular weight is 511 g/mol. The molecule has 1 aromatic carbocycles. The highest BCUT2D eigenvalue weighted by Gasteiger charge is 2.35. The van der Waals surface area contributed by atoms with Crippen LogP contribution in [0.15, 0.2) is 24.4 Å². The van der Waals surface area contributed by atoms with E-state index in [1.807, 2.05) is 24.4 Å². The molecule has 1 saturated carbocycles. The number of piperidine rings is 1. The van der Waals surface area contributed by atoms with Crippen LogP contribution in [0.5, 0.6) is 11.5 Å². The summed E-state index contributed by atoms with van der Waals surface area (Å²) in [5.74, 6) is 2.76. The number of pyridine rings is 1. The number of methoxy groups -OCH3 is 1. The second kappa shape index (κ2) is 12.3. The van der Waals surface area contributed by atoms with E-state index in [1.54, 1.807) is 7.11 Å². The number of fused-ring (bicyclic) bond motifs is 3. The Morgan fingerprint density at radius 2 is 1.97 bits per heavy atom. The maximum atomic E-state index is 13.0. The molecular weight excluding hydrogens is 468 g/mol. The minimum Gasteiger partial charge on any atom is -0.497 e. The van der Waals surface area contributed by atoms with Gasteiger partial charge in [0.05, 0.1) is 44.1 Å². The number of hydroxylamine groups is 1. The van der Waals surface area contributed by atoms with E-state index >= 15 is 0 Å². The number of carbonyl (C=O) groups is 1. The van der Waals surface area contributed by atoms with Crippen LogP contribution in [0.3, 0.4) is 0 Å². The second-order valence-electron chi connectivity index (χ2n) is 10.9. The number of carbonyl (C=O) groups excluding carboxylic acids is 1. The van der Waals surface area contributed by atoms with Gasteiger partial charge in [-0.1, -0.05) is 32.1 Å². The summed E-state index contributed by atoms with van der Waals surface area (Å²) in [6.45, 7) is 5.31. The van der Waals surface area contributed by atoms with Crippen molar-refractivity contribution in [2.75, 3.05) is 58.5 Å². The number of amides is 1. The van der Waals surface area contributed by atoms with Gasteiger partial charge in [-0.15, -0.1) is 0 Å². The molecule has 2 atom stereocenters. The predicted octanol–water partition coefficient (Wildman–Crippen LogP) is 4.42. The highest BCUT2D eigenvalue weighted by molar-refractivity contribution is 5.96. The summed E-state index contributed by atoms with van der Waals surface area (Å²) in [4.78, 5) is 27.6. The average Bonchev–Trinajstić information content (AvgIpc) is 2.95. The van der Waals surface area contributed by atoms with Gasteiger partial charge in [-0.3, -0.25) is 14.6 Å². The van der Waals surface area contributed by atoms with E-state index in [0.29, 0.717) is 12.5 Å². The van der Waals surface area contributed by atoms with Gasteiger partial charge in [0.2, 0.25) is 5.91 Å². The van der Waals surface area contributed by atoms with Gasteiger partial charge in [0, 0.05) is 18.5 Å². The molecule has 1 N–H and O–H groups in total. The van der Waals surface area contributed by atoms with Crippen LogP contribution in [-0.2, 0) is 9.63 Å². The fourth-order valence-corrected chi connectivity index (χ4v) is 6.55. The van der Waals surface area contributed by atoms with Gasteiger partial charge in [-0.05, 0) is 62.4 Å². The van der Waals surface area contributed by atoms with Crippen LogP contribution in [-0.4, -0.2) is 69.3 Å². The molecule has 0 radical (unpaired) electrons. The van der Waals surface area contributed by atoms with Crippen LogP contribution >= 0.6 is 0 Å². The molecule has 0 bridgehead atoms. The van der Waals surface area contributed by atoms with Crippen LogP contribution in [0.2, 0.25) is 0 Å². The fraction of sp³-hybridized carbons (Fsp3) is 0.655. The van der Waals surface area contributed by atoms with E-state index in [-0.39, 0.29) is 11.8 Å². The van der Waals surface area contributed by atoms with Crippen LogP contribution in [0.4, 0.5) is 5.69 Å². The SMILES string of the molecule is CONC(=O)[C@@H]1CN(CCC2CCCCC2)CC[C@@H]1CCN1CCOc2cnc3ccc(OC)cc3c21. The van der Waals surface area contributed by atoms with Crippen LogP contribution in [0, 0.1) is 17.8 Å². The van der Waals surface area contributed by atoms with E-state index in [4.69, 9.17) is 14.3 Å². The van der Waals surface area contributed by atoms with Crippen molar-refractivity contribution in [2.24, 2.45) is 17.8 Å². The second-order valence-corrected chi connectivity index (χ2v) is 10.9. The molecule has 3 aliphatic rings. The maximum absolute atomic E-state index is 13.0. The van der Waals surface area contributed by atoms with Gasteiger partial charge in [-0.2, -0.15) is 0 Å². The molecule has 2 aromatic rings. The Balaban J connectivity index is 1.26. The molecular formula is C29H42N4O4. The van der Waals surface area contributed by atoms with E-state index < -0.39 is 0 Å². The lowest BCUT2D eigenvalue weighted by Gasteiger charge is -2.40. The molecule has 202 valence electrons. The molecule has 2 aliphatic heterocycles. The van der Waals surface area contributed by atoms with Gasteiger partial charge in [-0.25, -0.2) is 5.48 Å². The summed E-state index contributed by atoms with van der Waals surface area (Å²) in [7, 11) is 3.21. The van der Waals surface area contributed by atoms with Crippen LogP contribution in [0.1, 0.15) is 51.4 Å². The first-order valence-corrected chi connectivity index (χ1v) is 14.1. The lowest BCUT2D eigenvalue weighted by Crippen LogP contribution is -2.48. The van der Waals surface area contributed by atoms with Gasteiger partial charge in [0.25, 0.3) is 0 Å². The number of nitrogens with zero attached hydrogens (tertiary/aromatic N) is 3. The zero-order chi connectivity index (χ0) is 25.6. The molecule has 0 spiro atoms. The summed E-state index contributed by atoms with van der Waals surface area (Å²) in [6, 6.07) is 5.98. The third-order valence-corrected chi connectivity index (χ3v) is 8.68. The molecule has 37 heavy (non-hydrogen) atoms. The Bertz CT molecular complexity index is 1050. The summed E-state index contributed by atoms with van der Waals surface area (Å²) in [5.41, 5.74) is 4.65.